The molecule has 0 radical (unpaired) electrons. The van der Waals surface area contributed by atoms with Crippen LogP contribution in [0.15, 0.2) is 42.7 Å². The molecule has 330 valence electrons. The number of aromatic amines is 1. The predicted molar refractivity (Wildman–Crippen MR) is 233 cm³/mol. The third kappa shape index (κ3) is 8.99. The van der Waals surface area contributed by atoms with Gasteiger partial charge in [0.25, 0.3) is 5.91 Å². The number of likely N-dealkylation sites (tertiary alicyclic amines) is 1. The van der Waals surface area contributed by atoms with Crippen LogP contribution < -0.4 is 19.9 Å². The second-order valence-corrected chi connectivity index (χ2v) is 18.3. The Hall–Kier alpha value is -5.22. The topological polar surface area (TPSA) is 143 Å². The van der Waals surface area contributed by atoms with Crippen molar-refractivity contribution in [2.24, 2.45) is 5.92 Å². The number of halogens is 2. The number of carbonyl (C=O) groups excluding carboxylic acids is 3. The molecular weight excluding hydrogens is 795 g/mol. The molecule has 1 unspecified atom stereocenters. The molecule has 1 atom stereocenters. The molecule has 9 rings (SSSR count). The molecule has 16 heteroatoms. The van der Waals surface area contributed by atoms with E-state index in [1.165, 1.54) is 11.9 Å². The summed E-state index contributed by atoms with van der Waals surface area (Å²) in [5.74, 6) is 1.15. The maximum Gasteiger partial charge on any atom is 0.255 e. The summed E-state index contributed by atoms with van der Waals surface area (Å²) >= 11 is 0. The van der Waals surface area contributed by atoms with Crippen LogP contribution in [-0.2, 0) is 16.1 Å². The van der Waals surface area contributed by atoms with Crippen molar-refractivity contribution >= 4 is 40.5 Å². The van der Waals surface area contributed by atoms with Gasteiger partial charge in [-0.05, 0) is 94.5 Å². The summed E-state index contributed by atoms with van der Waals surface area (Å²) in [4.78, 5) is 56.4. The highest BCUT2D eigenvalue weighted by Gasteiger charge is 2.41. The Morgan fingerprint density at radius 3 is 2.48 bits per heavy atom. The minimum Gasteiger partial charge on any atom is -0.488 e. The zero-order valence-corrected chi connectivity index (χ0v) is 35.9. The van der Waals surface area contributed by atoms with Gasteiger partial charge in [-0.25, -0.2) is 18.7 Å². The number of piperazine rings is 1. The van der Waals surface area contributed by atoms with Crippen molar-refractivity contribution in [1.82, 2.24) is 40.2 Å². The molecule has 2 aromatic heterocycles. The van der Waals surface area contributed by atoms with E-state index in [1.54, 1.807) is 18.5 Å². The van der Waals surface area contributed by atoms with Crippen LogP contribution in [0.3, 0.4) is 0 Å². The molecule has 14 nitrogen and oxygen atoms in total. The average molecular weight is 853 g/mol. The minimum atomic E-state index is -1.16. The van der Waals surface area contributed by atoms with Crippen molar-refractivity contribution in [3.8, 4) is 17.1 Å². The van der Waals surface area contributed by atoms with Crippen molar-refractivity contribution in [3.63, 3.8) is 0 Å². The number of nitrogens with one attached hydrogen (secondary N) is 2. The van der Waals surface area contributed by atoms with Crippen LogP contribution in [-0.4, -0.2) is 143 Å². The first kappa shape index (κ1) is 42.1. The first-order valence-corrected chi connectivity index (χ1v) is 22.4. The molecule has 2 amide bonds. The Morgan fingerprint density at radius 1 is 0.984 bits per heavy atom. The number of amides is 2. The largest absolute Gasteiger partial charge is 0.488 e. The van der Waals surface area contributed by atoms with E-state index in [-0.39, 0.29) is 42.4 Å². The number of anilines is 2. The van der Waals surface area contributed by atoms with Crippen LogP contribution in [0.5, 0.6) is 5.75 Å². The molecule has 2 N–H and O–H groups in total. The van der Waals surface area contributed by atoms with E-state index >= 15 is 8.78 Å². The van der Waals surface area contributed by atoms with Gasteiger partial charge in [0.1, 0.15) is 41.1 Å². The summed E-state index contributed by atoms with van der Waals surface area (Å²) in [5.41, 5.74) is 2.31. The van der Waals surface area contributed by atoms with Crippen LogP contribution >= 0.6 is 0 Å². The van der Waals surface area contributed by atoms with E-state index in [2.05, 4.69) is 52.0 Å². The minimum absolute atomic E-state index is 0.0111. The number of ether oxygens (including phenoxy) is 1. The standard InChI is InChI=1S/C46H58F2N10O4/c1-45(11-12-45)62-33-4-6-37-35(25-33)43(53-52-37)38-26-40(51-30-50-38)57-23-21-54(22-24-57)18-13-46(48)14-19-55(20-15-46)27-31-9-16-56(17-10-31)39-7-5-34-36(42(39)47)28-58(44(34)61)32(29-59)3-8-41(60)49-2/h4-7,25-26,29-32H,3,8-24,27-28H2,1-2H3,(H,49,60)(H,52,53). The Morgan fingerprint density at radius 2 is 1.76 bits per heavy atom. The molecule has 3 saturated heterocycles. The van der Waals surface area contributed by atoms with Crippen LogP contribution in [0.4, 0.5) is 20.3 Å². The summed E-state index contributed by atoms with van der Waals surface area (Å²) < 4.78 is 38.4. The summed E-state index contributed by atoms with van der Waals surface area (Å²) in [6, 6.07) is 10.6. The van der Waals surface area contributed by atoms with E-state index in [1.807, 2.05) is 24.3 Å². The maximum atomic E-state index is 16.2. The fourth-order valence-corrected chi connectivity index (χ4v) is 9.71. The lowest BCUT2D eigenvalue weighted by atomic mass is 9.88. The third-order valence-electron chi connectivity index (χ3n) is 14.1. The Balaban J connectivity index is 0.706. The number of H-pyrrole nitrogens is 1. The Kier molecular flexibility index (Phi) is 11.9. The van der Waals surface area contributed by atoms with Crippen LogP contribution in [0.25, 0.3) is 22.3 Å². The molecular formula is C46H58F2N10O4. The van der Waals surface area contributed by atoms with E-state index < -0.39 is 17.5 Å². The summed E-state index contributed by atoms with van der Waals surface area (Å²) in [6.07, 6.45) is 8.12. The fraction of sp³-hybridized carbons (Fsp3) is 0.565. The first-order chi connectivity index (χ1) is 30.0. The number of carbonyl (C=O) groups is 3. The molecule has 1 saturated carbocycles. The van der Waals surface area contributed by atoms with Crippen molar-refractivity contribution < 1.29 is 27.9 Å². The van der Waals surface area contributed by atoms with Crippen LogP contribution in [0, 0.1) is 11.7 Å². The molecule has 0 bridgehead atoms. The van der Waals surface area contributed by atoms with E-state index in [0.717, 1.165) is 112 Å². The average Bonchev–Trinajstić information content (AvgIpc) is 3.71. The van der Waals surface area contributed by atoms with Crippen LogP contribution in [0.1, 0.15) is 80.6 Å². The molecule has 62 heavy (non-hydrogen) atoms. The predicted octanol–water partition coefficient (Wildman–Crippen LogP) is 5.37. The summed E-state index contributed by atoms with van der Waals surface area (Å²) in [5, 5.41) is 11.2. The van der Waals surface area contributed by atoms with Gasteiger partial charge in [0.2, 0.25) is 5.91 Å². The molecule has 1 aliphatic carbocycles. The number of benzene rings is 2. The van der Waals surface area contributed by atoms with Gasteiger partial charge in [-0.15, -0.1) is 0 Å². The smallest absolute Gasteiger partial charge is 0.255 e. The van der Waals surface area contributed by atoms with Gasteiger partial charge in [-0.1, -0.05) is 0 Å². The highest BCUT2D eigenvalue weighted by atomic mass is 19.1. The van der Waals surface area contributed by atoms with Crippen LogP contribution in [0.2, 0.25) is 0 Å². The van der Waals surface area contributed by atoms with E-state index in [4.69, 9.17) is 4.74 Å². The lowest BCUT2D eigenvalue weighted by Crippen LogP contribution is -2.49. The highest BCUT2D eigenvalue weighted by Crippen LogP contribution is 2.41. The number of aromatic nitrogens is 4. The van der Waals surface area contributed by atoms with Crippen molar-refractivity contribution in [2.45, 2.75) is 88.6 Å². The Labute approximate surface area is 361 Å². The number of fused-ring (bicyclic) bond motifs is 2. The van der Waals surface area contributed by atoms with Gasteiger partial charge in [0.15, 0.2) is 5.82 Å². The number of alkyl halides is 1. The first-order valence-electron chi connectivity index (χ1n) is 22.4. The van der Waals surface area contributed by atoms with Crippen molar-refractivity contribution in [2.75, 3.05) is 82.3 Å². The lowest BCUT2D eigenvalue weighted by Gasteiger charge is -2.41. The molecule has 2 aromatic carbocycles. The van der Waals surface area contributed by atoms with Crippen molar-refractivity contribution in [1.29, 1.82) is 0 Å². The molecule has 6 heterocycles. The van der Waals surface area contributed by atoms with Gasteiger partial charge in [-0.2, -0.15) is 5.10 Å². The Bertz CT molecular complexity index is 2280. The molecule has 4 fully saturated rings. The highest BCUT2D eigenvalue weighted by molar-refractivity contribution is 6.00. The molecule has 5 aliphatic rings. The summed E-state index contributed by atoms with van der Waals surface area (Å²) in [7, 11) is 1.52. The quantitative estimate of drug-likeness (QED) is 0.149. The number of nitrogens with zero attached hydrogens (tertiary/aromatic N) is 8. The van der Waals surface area contributed by atoms with Gasteiger partial charge in [0.05, 0.1) is 29.5 Å². The number of aldehydes is 1. The summed E-state index contributed by atoms with van der Waals surface area (Å²) in [6.45, 7) is 9.99. The van der Waals surface area contributed by atoms with Gasteiger partial charge >= 0.3 is 0 Å². The number of rotatable bonds is 15. The maximum absolute atomic E-state index is 16.2. The van der Waals surface area contributed by atoms with Crippen molar-refractivity contribution in [3.05, 3.63) is 59.7 Å². The number of hydrogen-bond donors (Lipinski definition) is 2. The molecule has 4 aromatic rings. The lowest BCUT2D eigenvalue weighted by molar-refractivity contribution is -0.121. The van der Waals surface area contributed by atoms with Gasteiger partial charge in [-0.3, -0.25) is 19.6 Å². The molecule has 4 aliphatic heterocycles. The van der Waals surface area contributed by atoms with E-state index in [9.17, 15) is 14.4 Å². The SMILES string of the molecule is CNC(=O)CCC(C=O)N1Cc2c(ccc(N3CCC(CN4CCC(F)(CCN5CCN(c6cc(-c7n[nH]c8ccc(OC9(C)CC9)cc78)ncn6)CC5)CC4)CC3)c2F)C1=O. The zero-order chi connectivity index (χ0) is 43.0. The van der Waals surface area contributed by atoms with E-state index in [0.29, 0.717) is 55.8 Å². The third-order valence-corrected chi connectivity index (χ3v) is 14.1. The normalized spacial score (nSPS) is 21.0. The second-order valence-electron chi connectivity index (χ2n) is 18.3. The van der Waals surface area contributed by atoms with Gasteiger partial charge in [0, 0.05) is 101 Å². The zero-order valence-electron chi connectivity index (χ0n) is 35.9. The number of piperidine rings is 2. The monoisotopic (exact) mass is 852 g/mol. The fourth-order valence-electron chi connectivity index (χ4n) is 9.71. The second kappa shape index (κ2) is 17.5. The number of hydrogen-bond acceptors (Lipinski definition) is 11. The molecule has 0 spiro atoms. The van der Waals surface area contributed by atoms with Gasteiger partial charge < -0.3 is 34.4 Å².